The maximum Gasteiger partial charge on any atom is 0.416 e. The molecule has 1 amide bonds. The molecule has 1 N–H and O–H groups in total. The van der Waals surface area contributed by atoms with E-state index in [4.69, 9.17) is 0 Å². The van der Waals surface area contributed by atoms with Crippen LogP contribution in [0.3, 0.4) is 0 Å². The molecule has 2 unspecified atom stereocenters. The van der Waals surface area contributed by atoms with Crippen molar-refractivity contribution in [3.8, 4) is 0 Å². The van der Waals surface area contributed by atoms with Crippen LogP contribution in [0.5, 0.6) is 0 Å². The van der Waals surface area contributed by atoms with Gasteiger partial charge in [0.15, 0.2) is 0 Å². The third-order valence-corrected chi connectivity index (χ3v) is 4.08. The average Bonchev–Trinajstić information content (AvgIpc) is 2.47. The third-order valence-electron chi connectivity index (χ3n) is 4.08. The van der Waals surface area contributed by atoms with Crippen molar-refractivity contribution in [1.29, 1.82) is 0 Å². The maximum atomic E-state index is 12.6. The minimum atomic E-state index is -4.37. The van der Waals surface area contributed by atoms with Crippen LogP contribution in [0.25, 0.3) is 6.08 Å². The highest BCUT2D eigenvalue weighted by Gasteiger charge is 2.30. The molecule has 0 heterocycles. The fraction of sp³-hybridized carbons (Fsp3) is 0.471. The molecule has 0 spiro atoms. The van der Waals surface area contributed by atoms with E-state index in [2.05, 4.69) is 12.2 Å². The van der Waals surface area contributed by atoms with Gasteiger partial charge in [0.2, 0.25) is 5.91 Å². The van der Waals surface area contributed by atoms with Gasteiger partial charge in [0.05, 0.1) is 5.56 Å². The first kappa shape index (κ1) is 16.6. The number of amides is 1. The van der Waals surface area contributed by atoms with Crippen molar-refractivity contribution in [2.75, 3.05) is 0 Å². The summed E-state index contributed by atoms with van der Waals surface area (Å²) in [5.74, 6) is 0.191. The fourth-order valence-electron chi connectivity index (χ4n) is 2.75. The zero-order valence-corrected chi connectivity index (χ0v) is 12.5. The first-order chi connectivity index (χ1) is 10.4. The van der Waals surface area contributed by atoms with Crippen molar-refractivity contribution in [1.82, 2.24) is 5.32 Å². The number of alkyl halides is 3. The molecule has 1 saturated carbocycles. The molecule has 2 rings (SSSR count). The van der Waals surface area contributed by atoms with E-state index in [1.165, 1.54) is 24.6 Å². The van der Waals surface area contributed by atoms with Crippen LogP contribution in [-0.4, -0.2) is 11.9 Å². The number of carbonyl (C=O) groups is 1. The molecule has 2 nitrogen and oxygen atoms in total. The smallest absolute Gasteiger partial charge is 0.350 e. The van der Waals surface area contributed by atoms with Crippen molar-refractivity contribution in [3.63, 3.8) is 0 Å². The summed E-state index contributed by atoms with van der Waals surface area (Å²) in [6.07, 6.45) is 2.70. The van der Waals surface area contributed by atoms with Gasteiger partial charge in [-0.25, -0.2) is 0 Å². The fourth-order valence-corrected chi connectivity index (χ4v) is 2.75. The third kappa shape index (κ3) is 4.61. The standard InChI is InChI=1S/C17H20F3NO/c1-12-5-2-3-8-15(12)21-16(22)10-9-13-6-4-7-14(11-13)17(18,19)20/h4,6-7,9-12,15H,2-3,5,8H2,1H3,(H,21,22)/b10-9+. The molecule has 5 heteroatoms. The highest BCUT2D eigenvalue weighted by Crippen LogP contribution is 2.29. The van der Waals surface area contributed by atoms with Crippen LogP contribution in [0, 0.1) is 5.92 Å². The topological polar surface area (TPSA) is 29.1 Å². The van der Waals surface area contributed by atoms with E-state index in [9.17, 15) is 18.0 Å². The summed E-state index contributed by atoms with van der Waals surface area (Å²) >= 11 is 0. The van der Waals surface area contributed by atoms with Gasteiger partial charge in [-0.2, -0.15) is 13.2 Å². The van der Waals surface area contributed by atoms with E-state index < -0.39 is 11.7 Å². The quantitative estimate of drug-likeness (QED) is 0.823. The van der Waals surface area contributed by atoms with Crippen molar-refractivity contribution >= 4 is 12.0 Å². The molecule has 22 heavy (non-hydrogen) atoms. The Bertz CT molecular complexity index is 551. The van der Waals surface area contributed by atoms with Crippen LogP contribution in [0.1, 0.15) is 43.7 Å². The van der Waals surface area contributed by atoms with Crippen LogP contribution in [-0.2, 0) is 11.0 Å². The number of rotatable bonds is 3. The predicted octanol–water partition coefficient (Wildman–Crippen LogP) is 4.41. The van der Waals surface area contributed by atoms with Crippen LogP contribution in [0.2, 0.25) is 0 Å². The zero-order chi connectivity index (χ0) is 16.2. The summed E-state index contributed by atoms with van der Waals surface area (Å²) < 4.78 is 37.8. The SMILES string of the molecule is CC1CCCCC1NC(=O)/C=C/c1cccc(C(F)(F)F)c1. The molecule has 1 aromatic carbocycles. The molecule has 0 bridgehead atoms. The van der Waals surface area contributed by atoms with E-state index in [0.717, 1.165) is 31.4 Å². The lowest BCUT2D eigenvalue weighted by Gasteiger charge is -2.29. The highest BCUT2D eigenvalue weighted by molar-refractivity contribution is 5.91. The normalized spacial score (nSPS) is 22.7. The Hall–Kier alpha value is -1.78. The van der Waals surface area contributed by atoms with E-state index >= 15 is 0 Å². The zero-order valence-electron chi connectivity index (χ0n) is 12.5. The molecule has 1 aromatic rings. The van der Waals surface area contributed by atoms with E-state index in [0.29, 0.717) is 11.5 Å². The molecule has 0 aliphatic heterocycles. The predicted molar refractivity (Wildman–Crippen MR) is 80.0 cm³/mol. The Morgan fingerprint density at radius 1 is 1.27 bits per heavy atom. The number of halogens is 3. The second-order valence-corrected chi connectivity index (χ2v) is 5.83. The van der Waals surface area contributed by atoms with Gasteiger partial charge in [-0.3, -0.25) is 4.79 Å². The second-order valence-electron chi connectivity index (χ2n) is 5.83. The molecule has 0 aromatic heterocycles. The van der Waals surface area contributed by atoms with Gasteiger partial charge < -0.3 is 5.32 Å². The molecular formula is C17H20F3NO. The lowest BCUT2D eigenvalue weighted by Crippen LogP contribution is -2.40. The van der Waals surface area contributed by atoms with Gasteiger partial charge in [0.1, 0.15) is 0 Å². The van der Waals surface area contributed by atoms with Gasteiger partial charge in [-0.05, 0) is 42.5 Å². The van der Waals surface area contributed by atoms with Crippen molar-refractivity contribution in [2.24, 2.45) is 5.92 Å². The Morgan fingerprint density at radius 2 is 2.00 bits per heavy atom. The van der Waals surface area contributed by atoms with E-state index in [1.54, 1.807) is 6.07 Å². The van der Waals surface area contributed by atoms with Crippen LogP contribution >= 0.6 is 0 Å². The Morgan fingerprint density at radius 3 is 2.68 bits per heavy atom. The maximum absolute atomic E-state index is 12.6. The largest absolute Gasteiger partial charge is 0.416 e. The monoisotopic (exact) mass is 311 g/mol. The first-order valence-corrected chi connectivity index (χ1v) is 7.52. The summed E-state index contributed by atoms with van der Waals surface area (Å²) in [7, 11) is 0. The van der Waals surface area contributed by atoms with E-state index in [-0.39, 0.29) is 11.9 Å². The highest BCUT2D eigenvalue weighted by atomic mass is 19.4. The number of benzene rings is 1. The molecule has 0 radical (unpaired) electrons. The van der Waals surface area contributed by atoms with Gasteiger partial charge in [-0.15, -0.1) is 0 Å². The number of nitrogens with one attached hydrogen (secondary N) is 1. The van der Waals surface area contributed by atoms with Gasteiger partial charge in [-0.1, -0.05) is 31.9 Å². The molecule has 1 fully saturated rings. The summed E-state index contributed by atoms with van der Waals surface area (Å²) in [5, 5.41) is 2.94. The van der Waals surface area contributed by atoms with Crippen LogP contribution < -0.4 is 5.32 Å². The minimum absolute atomic E-state index is 0.160. The van der Waals surface area contributed by atoms with Crippen molar-refractivity contribution in [3.05, 3.63) is 41.5 Å². The van der Waals surface area contributed by atoms with Gasteiger partial charge >= 0.3 is 6.18 Å². The van der Waals surface area contributed by atoms with Crippen LogP contribution in [0.15, 0.2) is 30.3 Å². The van der Waals surface area contributed by atoms with Crippen molar-refractivity contribution in [2.45, 2.75) is 44.8 Å². The molecule has 0 saturated heterocycles. The lowest BCUT2D eigenvalue weighted by molar-refractivity contribution is -0.137. The second kappa shape index (κ2) is 6.99. The number of hydrogen-bond donors (Lipinski definition) is 1. The number of carbonyl (C=O) groups excluding carboxylic acids is 1. The lowest BCUT2D eigenvalue weighted by atomic mass is 9.86. The Kier molecular flexibility index (Phi) is 5.27. The van der Waals surface area contributed by atoms with Crippen molar-refractivity contribution < 1.29 is 18.0 Å². The Labute approximate surface area is 128 Å². The summed E-state index contributed by atoms with van der Waals surface area (Å²) in [4.78, 5) is 11.9. The first-order valence-electron chi connectivity index (χ1n) is 7.52. The molecule has 2 atom stereocenters. The van der Waals surface area contributed by atoms with E-state index in [1.807, 2.05) is 0 Å². The summed E-state index contributed by atoms with van der Waals surface area (Å²) in [5.41, 5.74) is -0.349. The van der Waals surface area contributed by atoms with Gasteiger partial charge in [0, 0.05) is 12.1 Å². The molecule has 1 aliphatic rings. The Balaban J connectivity index is 1.97. The molecule has 1 aliphatic carbocycles. The van der Waals surface area contributed by atoms with Crippen LogP contribution in [0.4, 0.5) is 13.2 Å². The molecule has 120 valence electrons. The minimum Gasteiger partial charge on any atom is -0.350 e. The number of hydrogen-bond acceptors (Lipinski definition) is 1. The average molecular weight is 311 g/mol. The van der Waals surface area contributed by atoms with Gasteiger partial charge in [0.25, 0.3) is 0 Å². The summed E-state index contributed by atoms with van der Waals surface area (Å²) in [6.45, 7) is 2.11. The summed E-state index contributed by atoms with van der Waals surface area (Å²) in [6, 6.07) is 5.09. The molecular weight excluding hydrogens is 291 g/mol.